The average Bonchev–Trinajstić information content (AvgIpc) is 2.68. The Morgan fingerprint density at radius 2 is 1.64 bits per heavy atom. The Hall–Kier alpha value is -3.21. The van der Waals surface area contributed by atoms with Gasteiger partial charge in [0.05, 0.1) is 6.04 Å². The van der Waals surface area contributed by atoms with Crippen LogP contribution in [0, 0.1) is 0 Å². The second-order valence-electron chi connectivity index (χ2n) is 5.74. The van der Waals surface area contributed by atoms with Gasteiger partial charge in [-0.05, 0) is 30.7 Å². The first kappa shape index (κ1) is 16.6. The molecule has 0 spiro atoms. The number of nitrogens with zero attached hydrogens (tertiary/aromatic N) is 3. The highest BCUT2D eigenvalue weighted by Crippen LogP contribution is 2.17. The zero-order valence-electron chi connectivity index (χ0n) is 14.3. The second-order valence-corrected chi connectivity index (χ2v) is 5.74. The fourth-order valence-corrected chi connectivity index (χ4v) is 2.51. The Morgan fingerprint density at radius 3 is 2.32 bits per heavy atom. The molecule has 0 radical (unpaired) electrons. The van der Waals surface area contributed by atoms with Crippen molar-refractivity contribution in [1.82, 2.24) is 9.97 Å². The molecule has 3 aromatic rings. The molecule has 126 valence electrons. The summed E-state index contributed by atoms with van der Waals surface area (Å²) >= 11 is 0. The van der Waals surface area contributed by atoms with Crippen molar-refractivity contribution in [1.29, 1.82) is 0 Å². The van der Waals surface area contributed by atoms with Gasteiger partial charge in [-0.15, -0.1) is 0 Å². The maximum absolute atomic E-state index is 12.7. The molecule has 1 unspecified atom stereocenters. The van der Waals surface area contributed by atoms with Gasteiger partial charge in [-0.2, -0.15) is 0 Å². The number of hydrogen-bond donors (Lipinski definition) is 1. The summed E-state index contributed by atoms with van der Waals surface area (Å²) in [5.41, 5.74) is 2.30. The van der Waals surface area contributed by atoms with Gasteiger partial charge in [0.15, 0.2) is 0 Å². The van der Waals surface area contributed by atoms with Crippen molar-refractivity contribution in [2.75, 3.05) is 17.3 Å². The molecule has 2 aromatic carbocycles. The molecule has 1 atom stereocenters. The lowest BCUT2D eigenvalue weighted by Gasteiger charge is -2.18. The number of para-hydroxylation sites is 1. The molecule has 1 aromatic heterocycles. The van der Waals surface area contributed by atoms with Crippen LogP contribution in [-0.4, -0.2) is 22.9 Å². The molecule has 3 rings (SSSR count). The summed E-state index contributed by atoms with van der Waals surface area (Å²) in [4.78, 5) is 22.8. The van der Waals surface area contributed by atoms with Gasteiger partial charge < -0.3 is 10.2 Å². The van der Waals surface area contributed by atoms with Crippen molar-refractivity contribution >= 4 is 17.5 Å². The lowest BCUT2D eigenvalue weighted by Crippen LogP contribution is -2.27. The van der Waals surface area contributed by atoms with Gasteiger partial charge in [0.25, 0.3) is 5.91 Å². The molecule has 5 nitrogen and oxygen atoms in total. The van der Waals surface area contributed by atoms with Gasteiger partial charge in [0, 0.05) is 18.9 Å². The fraction of sp³-hybridized carbons (Fsp3) is 0.150. The van der Waals surface area contributed by atoms with Crippen LogP contribution in [0.25, 0.3) is 0 Å². The van der Waals surface area contributed by atoms with Crippen molar-refractivity contribution in [3.63, 3.8) is 0 Å². The largest absolute Gasteiger partial charge is 0.348 e. The topological polar surface area (TPSA) is 58.1 Å². The number of rotatable bonds is 5. The van der Waals surface area contributed by atoms with Crippen LogP contribution in [0.1, 0.15) is 29.0 Å². The highest BCUT2D eigenvalue weighted by molar-refractivity contribution is 6.04. The van der Waals surface area contributed by atoms with E-state index in [4.69, 9.17) is 0 Å². The van der Waals surface area contributed by atoms with Crippen molar-refractivity contribution < 1.29 is 4.79 Å². The zero-order chi connectivity index (χ0) is 17.6. The van der Waals surface area contributed by atoms with E-state index >= 15 is 0 Å². The van der Waals surface area contributed by atoms with Gasteiger partial charge in [0.2, 0.25) is 5.95 Å². The van der Waals surface area contributed by atoms with E-state index in [1.807, 2.05) is 67.6 Å². The van der Waals surface area contributed by atoms with Crippen molar-refractivity contribution in [2.45, 2.75) is 13.0 Å². The Bertz CT molecular complexity index is 837. The Balaban J connectivity index is 1.76. The quantitative estimate of drug-likeness (QED) is 0.769. The van der Waals surface area contributed by atoms with Gasteiger partial charge in [-0.25, -0.2) is 9.97 Å². The number of hydrogen-bond acceptors (Lipinski definition) is 4. The van der Waals surface area contributed by atoms with Crippen LogP contribution in [0.15, 0.2) is 72.9 Å². The number of aromatic nitrogens is 2. The molecule has 1 amide bonds. The van der Waals surface area contributed by atoms with Crippen LogP contribution < -0.4 is 10.2 Å². The molecule has 0 aliphatic rings. The number of anilines is 2. The van der Waals surface area contributed by atoms with Crippen LogP contribution in [0.4, 0.5) is 11.6 Å². The summed E-state index contributed by atoms with van der Waals surface area (Å²) < 4.78 is 0. The highest BCUT2D eigenvalue weighted by atomic mass is 16.2. The van der Waals surface area contributed by atoms with E-state index in [0.29, 0.717) is 11.6 Å². The summed E-state index contributed by atoms with van der Waals surface area (Å²) in [6.07, 6.45) is 1.60. The Labute approximate surface area is 147 Å². The Morgan fingerprint density at radius 1 is 1.00 bits per heavy atom. The van der Waals surface area contributed by atoms with E-state index in [-0.39, 0.29) is 11.9 Å². The summed E-state index contributed by atoms with van der Waals surface area (Å²) in [6, 6.07) is 21.2. The molecular formula is C20H20N4O. The maximum Gasteiger partial charge on any atom is 0.276 e. The summed E-state index contributed by atoms with van der Waals surface area (Å²) in [5, 5.41) is 3.24. The van der Waals surface area contributed by atoms with Crippen molar-refractivity contribution in [2.24, 2.45) is 0 Å². The Kier molecular flexibility index (Phi) is 5.04. The molecule has 0 saturated heterocycles. The van der Waals surface area contributed by atoms with Crippen LogP contribution in [0.2, 0.25) is 0 Å². The fourth-order valence-electron chi connectivity index (χ4n) is 2.51. The van der Waals surface area contributed by atoms with E-state index in [1.54, 1.807) is 24.2 Å². The second kappa shape index (κ2) is 7.57. The number of nitrogens with one attached hydrogen (secondary N) is 1. The van der Waals surface area contributed by atoms with Crippen LogP contribution >= 0.6 is 0 Å². The smallest absolute Gasteiger partial charge is 0.276 e. The predicted octanol–water partition coefficient (Wildman–Crippen LogP) is 3.93. The monoisotopic (exact) mass is 332 g/mol. The van der Waals surface area contributed by atoms with Crippen molar-refractivity contribution in [3.8, 4) is 0 Å². The highest BCUT2D eigenvalue weighted by Gasteiger charge is 2.16. The van der Waals surface area contributed by atoms with Crippen LogP contribution in [0.3, 0.4) is 0 Å². The first-order chi connectivity index (χ1) is 12.1. The normalized spacial score (nSPS) is 11.6. The minimum atomic E-state index is -0.177. The molecule has 25 heavy (non-hydrogen) atoms. The van der Waals surface area contributed by atoms with Crippen molar-refractivity contribution in [3.05, 3.63) is 84.2 Å². The summed E-state index contributed by atoms with van der Waals surface area (Å²) in [6.45, 7) is 2.03. The number of benzene rings is 2. The van der Waals surface area contributed by atoms with E-state index in [9.17, 15) is 4.79 Å². The molecule has 1 N–H and O–H groups in total. The van der Waals surface area contributed by atoms with Gasteiger partial charge in [-0.3, -0.25) is 4.79 Å². The first-order valence-corrected chi connectivity index (χ1v) is 8.13. The lowest BCUT2D eigenvalue weighted by molar-refractivity contribution is 0.0988. The van der Waals surface area contributed by atoms with E-state index < -0.39 is 0 Å². The molecule has 0 bridgehead atoms. The predicted molar refractivity (Wildman–Crippen MR) is 99.7 cm³/mol. The SMILES string of the molecule is CC(Nc1nccc(C(=O)N(C)c2ccccc2)n1)c1ccccc1. The number of amides is 1. The molecule has 5 heteroatoms. The molecule has 0 saturated carbocycles. The van der Waals surface area contributed by atoms with Gasteiger partial charge >= 0.3 is 0 Å². The summed E-state index contributed by atoms with van der Waals surface area (Å²) in [5.74, 6) is 0.257. The van der Waals surface area contributed by atoms with Crippen LogP contribution in [0.5, 0.6) is 0 Å². The maximum atomic E-state index is 12.7. The first-order valence-electron chi connectivity index (χ1n) is 8.13. The van der Waals surface area contributed by atoms with Gasteiger partial charge in [0.1, 0.15) is 5.69 Å². The van der Waals surface area contributed by atoms with E-state index in [1.165, 1.54) is 0 Å². The molecule has 0 aliphatic carbocycles. The molecular weight excluding hydrogens is 312 g/mol. The third kappa shape index (κ3) is 4.01. The lowest BCUT2D eigenvalue weighted by atomic mass is 10.1. The minimum Gasteiger partial charge on any atom is -0.348 e. The summed E-state index contributed by atoms with van der Waals surface area (Å²) in [7, 11) is 1.74. The van der Waals surface area contributed by atoms with Crippen LogP contribution in [-0.2, 0) is 0 Å². The third-order valence-corrected chi connectivity index (χ3v) is 3.97. The van der Waals surface area contributed by atoms with Gasteiger partial charge in [-0.1, -0.05) is 48.5 Å². The van der Waals surface area contributed by atoms with E-state index in [2.05, 4.69) is 15.3 Å². The number of carbonyl (C=O) groups is 1. The molecule has 1 heterocycles. The van der Waals surface area contributed by atoms with E-state index in [0.717, 1.165) is 11.3 Å². The average molecular weight is 332 g/mol. The number of carbonyl (C=O) groups excluding carboxylic acids is 1. The zero-order valence-corrected chi connectivity index (χ0v) is 14.3. The third-order valence-electron chi connectivity index (χ3n) is 3.97. The minimum absolute atomic E-state index is 0.0402. The standard InChI is InChI=1S/C20H20N4O/c1-15(16-9-5-3-6-10-16)22-20-21-14-13-18(23-20)19(25)24(2)17-11-7-4-8-12-17/h3-15H,1-2H3,(H,21,22,23). The molecule has 0 fully saturated rings. The molecule has 0 aliphatic heterocycles.